The minimum atomic E-state index is -0.132. The van der Waals surface area contributed by atoms with E-state index >= 15 is 0 Å². The van der Waals surface area contributed by atoms with Crippen LogP contribution in [0.4, 0.5) is 4.39 Å². The van der Waals surface area contributed by atoms with E-state index in [9.17, 15) is 4.39 Å². The first-order chi connectivity index (χ1) is 8.69. The lowest BCUT2D eigenvalue weighted by molar-refractivity contribution is 0.528. The smallest absolute Gasteiger partial charge is 0.126 e. The van der Waals surface area contributed by atoms with E-state index in [1.807, 2.05) is 26.1 Å². The van der Waals surface area contributed by atoms with Crippen molar-refractivity contribution in [2.45, 2.75) is 25.8 Å². The van der Waals surface area contributed by atoms with Crippen molar-refractivity contribution < 1.29 is 4.39 Å². The molecule has 2 aromatic rings. The molecule has 96 valence electrons. The largest absolute Gasteiger partial charge is 0.316 e. The van der Waals surface area contributed by atoms with Crippen molar-refractivity contribution >= 4 is 11.3 Å². The summed E-state index contributed by atoms with van der Waals surface area (Å²) in [6.07, 6.45) is 1.51. The summed E-state index contributed by atoms with van der Waals surface area (Å²) in [5, 5.41) is 6.38. The lowest BCUT2D eigenvalue weighted by atomic mass is 10.0. The molecule has 0 aliphatic heterocycles. The molecule has 4 heteroatoms. The number of aryl methyl sites for hydroxylation is 1. The highest BCUT2D eigenvalue weighted by Gasteiger charge is 2.12. The van der Waals surface area contributed by atoms with E-state index in [0.29, 0.717) is 6.42 Å². The van der Waals surface area contributed by atoms with Crippen molar-refractivity contribution in [2.75, 3.05) is 7.05 Å². The van der Waals surface area contributed by atoms with E-state index in [1.165, 1.54) is 6.07 Å². The van der Waals surface area contributed by atoms with Crippen LogP contribution in [0.25, 0.3) is 0 Å². The van der Waals surface area contributed by atoms with Crippen molar-refractivity contribution in [3.8, 4) is 0 Å². The van der Waals surface area contributed by atoms with Gasteiger partial charge in [0.1, 0.15) is 5.82 Å². The maximum Gasteiger partial charge on any atom is 0.126 e. The van der Waals surface area contributed by atoms with Crippen LogP contribution < -0.4 is 5.32 Å². The highest BCUT2D eigenvalue weighted by Crippen LogP contribution is 2.14. The number of hydrogen-bond acceptors (Lipinski definition) is 3. The fraction of sp³-hybridized carbons (Fsp3) is 0.357. The summed E-state index contributed by atoms with van der Waals surface area (Å²) in [6.45, 7) is 2.00. The molecule has 0 saturated heterocycles. The minimum Gasteiger partial charge on any atom is -0.316 e. The molecule has 1 aromatic heterocycles. The molecule has 0 aliphatic carbocycles. The van der Waals surface area contributed by atoms with Crippen LogP contribution in [-0.2, 0) is 12.8 Å². The first-order valence-electron chi connectivity index (χ1n) is 6.00. The highest BCUT2D eigenvalue weighted by atomic mass is 32.1. The van der Waals surface area contributed by atoms with Gasteiger partial charge in [0.15, 0.2) is 0 Å². The third kappa shape index (κ3) is 3.37. The van der Waals surface area contributed by atoms with Gasteiger partial charge in [0, 0.05) is 17.8 Å². The second kappa shape index (κ2) is 6.07. The molecule has 1 N–H and O–H groups in total. The van der Waals surface area contributed by atoms with Gasteiger partial charge in [0.25, 0.3) is 0 Å². The van der Waals surface area contributed by atoms with Crippen molar-refractivity contribution in [3.63, 3.8) is 0 Å². The Hall–Kier alpha value is -1.26. The molecule has 0 bridgehead atoms. The lowest BCUT2D eigenvalue weighted by Gasteiger charge is -2.15. The van der Waals surface area contributed by atoms with E-state index in [4.69, 9.17) is 0 Å². The van der Waals surface area contributed by atoms with Gasteiger partial charge in [-0.1, -0.05) is 18.2 Å². The molecule has 18 heavy (non-hydrogen) atoms. The van der Waals surface area contributed by atoms with Crippen LogP contribution in [0.1, 0.15) is 16.3 Å². The number of halogens is 1. The predicted molar refractivity (Wildman–Crippen MR) is 73.5 cm³/mol. The van der Waals surface area contributed by atoms with Crippen LogP contribution >= 0.6 is 11.3 Å². The second-order valence-corrected chi connectivity index (χ2v) is 5.41. The molecule has 0 amide bonds. The topological polar surface area (TPSA) is 24.9 Å². The van der Waals surface area contributed by atoms with Crippen LogP contribution in [0.3, 0.4) is 0 Å². The van der Waals surface area contributed by atoms with E-state index in [1.54, 1.807) is 17.4 Å². The summed E-state index contributed by atoms with van der Waals surface area (Å²) in [6, 6.07) is 7.15. The average molecular weight is 264 g/mol. The first kappa shape index (κ1) is 13.2. The summed E-state index contributed by atoms with van der Waals surface area (Å²) < 4.78 is 13.6. The molecule has 1 unspecified atom stereocenters. The number of hydrogen-bond donors (Lipinski definition) is 1. The van der Waals surface area contributed by atoms with Crippen LogP contribution in [0.2, 0.25) is 0 Å². The van der Waals surface area contributed by atoms with E-state index in [-0.39, 0.29) is 11.9 Å². The molecule has 0 aliphatic rings. The zero-order chi connectivity index (χ0) is 13.0. The Bertz CT molecular complexity index is 510. The number of rotatable bonds is 5. The number of benzene rings is 1. The van der Waals surface area contributed by atoms with Gasteiger partial charge in [-0.2, -0.15) is 0 Å². The van der Waals surface area contributed by atoms with Crippen molar-refractivity contribution in [3.05, 3.63) is 51.7 Å². The average Bonchev–Trinajstić information content (AvgIpc) is 2.76. The normalized spacial score (nSPS) is 12.6. The summed E-state index contributed by atoms with van der Waals surface area (Å²) in [5.41, 5.74) is 1.83. The first-order valence-corrected chi connectivity index (χ1v) is 6.88. The summed E-state index contributed by atoms with van der Waals surface area (Å²) in [5.74, 6) is -0.132. The fourth-order valence-electron chi connectivity index (χ4n) is 1.96. The molecule has 2 nitrogen and oxygen atoms in total. The molecule has 0 radical (unpaired) electrons. The van der Waals surface area contributed by atoms with Gasteiger partial charge >= 0.3 is 0 Å². The molecular weight excluding hydrogens is 247 g/mol. The maximum atomic E-state index is 13.6. The quantitative estimate of drug-likeness (QED) is 0.898. The monoisotopic (exact) mass is 264 g/mol. The third-order valence-corrected chi connectivity index (χ3v) is 3.78. The molecule has 0 spiro atoms. The molecular formula is C14H17FN2S. The number of nitrogens with zero attached hydrogens (tertiary/aromatic N) is 1. The van der Waals surface area contributed by atoms with Crippen molar-refractivity contribution in [1.29, 1.82) is 0 Å². The lowest BCUT2D eigenvalue weighted by Crippen LogP contribution is -2.30. The fourth-order valence-corrected chi connectivity index (χ4v) is 2.59. The third-order valence-electron chi connectivity index (χ3n) is 2.95. The Labute approximate surface area is 111 Å². The Morgan fingerprint density at radius 1 is 1.33 bits per heavy atom. The maximum absolute atomic E-state index is 13.6. The van der Waals surface area contributed by atoms with Gasteiger partial charge in [-0.3, -0.25) is 0 Å². The number of nitrogens with one attached hydrogen (secondary N) is 1. The second-order valence-electron chi connectivity index (χ2n) is 4.34. The van der Waals surface area contributed by atoms with Gasteiger partial charge in [0.2, 0.25) is 0 Å². The molecule has 0 fully saturated rings. The Morgan fingerprint density at radius 2 is 2.11 bits per heavy atom. The summed E-state index contributed by atoms with van der Waals surface area (Å²) in [7, 11) is 1.91. The van der Waals surface area contributed by atoms with Gasteiger partial charge in [0.05, 0.1) is 10.7 Å². The van der Waals surface area contributed by atoms with Crippen molar-refractivity contribution in [2.24, 2.45) is 0 Å². The number of aromatic nitrogens is 1. The van der Waals surface area contributed by atoms with Gasteiger partial charge in [-0.25, -0.2) is 9.37 Å². The van der Waals surface area contributed by atoms with Crippen molar-refractivity contribution in [1.82, 2.24) is 10.3 Å². The van der Waals surface area contributed by atoms with E-state index < -0.39 is 0 Å². The minimum absolute atomic E-state index is 0.132. The molecule has 1 heterocycles. The van der Waals surface area contributed by atoms with Crippen LogP contribution in [-0.4, -0.2) is 18.1 Å². The van der Waals surface area contributed by atoms with E-state index in [0.717, 1.165) is 22.7 Å². The molecule has 2 rings (SSSR count). The van der Waals surface area contributed by atoms with Crippen LogP contribution in [0, 0.1) is 12.7 Å². The zero-order valence-electron chi connectivity index (χ0n) is 10.6. The summed E-state index contributed by atoms with van der Waals surface area (Å²) >= 11 is 1.65. The number of thiazole rings is 1. The molecule has 0 saturated carbocycles. The van der Waals surface area contributed by atoms with E-state index in [2.05, 4.69) is 15.7 Å². The Kier molecular flexibility index (Phi) is 4.44. The van der Waals surface area contributed by atoms with Gasteiger partial charge in [-0.05, 0) is 32.0 Å². The standard InChI is InChI=1S/C14H17FN2S/c1-10-17-13(9-18-10)8-12(16-2)7-11-5-3-4-6-14(11)15/h3-6,9,12,16H,7-8H2,1-2H3. The zero-order valence-corrected chi connectivity index (χ0v) is 11.4. The predicted octanol–water partition coefficient (Wildman–Crippen LogP) is 2.96. The Balaban J connectivity index is 2.04. The SMILES string of the molecule is CNC(Cc1csc(C)n1)Cc1ccccc1F. The van der Waals surface area contributed by atoms with Crippen LogP contribution in [0.15, 0.2) is 29.6 Å². The van der Waals surface area contributed by atoms with Gasteiger partial charge < -0.3 is 5.32 Å². The summed E-state index contributed by atoms with van der Waals surface area (Å²) in [4.78, 5) is 4.45. The molecule has 1 atom stereocenters. The molecule has 1 aromatic carbocycles. The van der Waals surface area contributed by atoms with Gasteiger partial charge in [-0.15, -0.1) is 11.3 Å². The Morgan fingerprint density at radius 3 is 2.72 bits per heavy atom. The highest BCUT2D eigenvalue weighted by molar-refractivity contribution is 7.09. The van der Waals surface area contributed by atoms with Crippen LogP contribution in [0.5, 0.6) is 0 Å². The number of likely N-dealkylation sites (N-methyl/N-ethyl adjacent to an activating group) is 1.